The highest BCUT2D eigenvalue weighted by molar-refractivity contribution is 5.98. The molecule has 3 aromatic rings. The van der Waals surface area contributed by atoms with Crippen LogP contribution in [0, 0.1) is 12.7 Å². The number of halogens is 1. The SMILES string of the molecule is COc1cc(F)c2c(c1)[C@H](N(C(=O)c1cccnc1C)[C@@H](C(N)=O)c1cccnc1)CC2. The molecule has 2 aromatic heterocycles. The van der Waals surface area contributed by atoms with Crippen molar-refractivity contribution in [3.8, 4) is 5.75 Å². The summed E-state index contributed by atoms with van der Waals surface area (Å²) in [6.07, 6.45) is 5.53. The highest BCUT2D eigenvalue weighted by Gasteiger charge is 2.41. The van der Waals surface area contributed by atoms with Gasteiger partial charge in [-0.05, 0) is 55.2 Å². The molecule has 1 aromatic carbocycles. The number of ether oxygens (including phenoxy) is 1. The van der Waals surface area contributed by atoms with Crippen molar-refractivity contribution in [3.63, 3.8) is 0 Å². The number of methoxy groups -OCH3 is 1. The topological polar surface area (TPSA) is 98.4 Å². The van der Waals surface area contributed by atoms with Crippen LogP contribution in [0.15, 0.2) is 55.0 Å². The molecule has 0 radical (unpaired) electrons. The summed E-state index contributed by atoms with van der Waals surface area (Å²) in [7, 11) is 1.45. The van der Waals surface area contributed by atoms with Gasteiger partial charge in [-0.15, -0.1) is 0 Å². The second-order valence-corrected chi connectivity index (χ2v) is 7.67. The van der Waals surface area contributed by atoms with Crippen LogP contribution in [0.5, 0.6) is 5.75 Å². The number of nitrogens with zero attached hydrogens (tertiary/aromatic N) is 3. The number of benzene rings is 1. The van der Waals surface area contributed by atoms with Crippen LogP contribution in [0.4, 0.5) is 4.39 Å². The Hall–Kier alpha value is -3.81. The fraction of sp³-hybridized carbons (Fsp3) is 0.250. The minimum Gasteiger partial charge on any atom is -0.497 e. The summed E-state index contributed by atoms with van der Waals surface area (Å²) in [6, 6.07) is 8.04. The summed E-state index contributed by atoms with van der Waals surface area (Å²) >= 11 is 0. The fourth-order valence-electron chi connectivity index (χ4n) is 4.32. The predicted molar refractivity (Wildman–Crippen MR) is 115 cm³/mol. The molecule has 8 heteroatoms. The zero-order valence-electron chi connectivity index (χ0n) is 17.8. The molecule has 0 saturated heterocycles. The molecule has 0 unspecified atom stereocenters. The number of aromatic nitrogens is 2. The van der Waals surface area contributed by atoms with E-state index in [1.165, 1.54) is 24.3 Å². The summed E-state index contributed by atoms with van der Waals surface area (Å²) in [5.74, 6) is -1.17. The van der Waals surface area contributed by atoms with Crippen LogP contribution in [0.25, 0.3) is 0 Å². The normalized spacial score (nSPS) is 15.7. The van der Waals surface area contributed by atoms with Crippen LogP contribution in [0.2, 0.25) is 0 Å². The van der Waals surface area contributed by atoms with Gasteiger partial charge in [-0.25, -0.2) is 4.39 Å². The van der Waals surface area contributed by atoms with Crippen molar-refractivity contribution in [1.29, 1.82) is 0 Å². The Kier molecular flexibility index (Phi) is 5.85. The number of carbonyl (C=O) groups is 2. The van der Waals surface area contributed by atoms with E-state index in [0.29, 0.717) is 46.5 Å². The van der Waals surface area contributed by atoms with Crippen molar-refractivity contribution >= 4 is 11.8 Å². The number of nitrogens with two attached hydrogens (primary N) is 1. The van der Waals surface area contributed by atoms with Crippen molar-refractivity contribution in [2.75, 3.05) is 7.11 Å². The smallest absolute Gasteiger partial charge is 0.257 e. The summed E-state index contributed by atoms with van der Waals surface area (Å²) in [6.45, 7) is 1.72. The van der Waals surface area contributed by atoms with Crippen LogP contribution >= 0.6 is 0 Å². The fourth-order valence-corrected chi connectivity index (χ4v) is 4.32. The van der Waals surface area contributed by atoms with E-state index in [-0.39, 0.29) is 0 Å². The lowest BCUT2D eigenvalue weighted by molar-refractivity contribution is -0.123. The van der Waals surface area contributed by atoms with Gasteiger partial charge >= 0.3 is 0 Å². The highest BCUT2D eigenvalue weighted by Crippen LogP contribution is 2.43. The van der Waals surface area contributed by atoms with E-state index in [2.05, 4.69) is 9.97 Å². The second-order valence-electron chi connectivity index (χ2n) is 7.67. The molecule has 1 aliphatic rings. The Labute approximate surface area is 185 Å². The van der Waals surface area contributed by atoms with Crippen LogP contribution in [0.3, 0.4) is 0 Å². The van der Waals surface area contributed by atoms with E-state index < -0.39 is 29.7 Å². The Morgan fingerprint density at radius 2 is 2.03 bits per heavy atom. The number of primary amides is 1. The minimum atomic E-state index is -1.10. The van der Waals surface area contributed by atoms with Gasteiger partial charge in [0.05, 0.1) is 18.7 Å². The van der Waals surface area contributed by atoms with Gasteiger partial charge < -0.3 is 15.4 Å². The van der Waals surface area contributed by atoms with Crippen molar-refractivity contribution in [3.05, 3.63) is 88.8 Å². The van der Waals surface area contributed by atoms with E-state index in [9.17, 15) is 14.0 Å². The second kappa shape index (κ2) is 8.74. The summed E-state index contributed by atoms with van der Waals surface area (Å²) in [5, 5.41) is 0. The van der Waals surface area contributed by atoms with Gasteiger partial charge in [0.1, 0.15) is 17.6 Å². The Bertz CT molecular complexity index is 1170. The van der Waals surface area contributed by atoms with Gasteiger partial charge in [-0.3, -0.25) is 19.6 Å². The molecular weight excluding hydrogens is 411 g/mol. The van der Waals surface area contributed by atoms with Crippen molar-refractivity contribution in [1.82, 2.24) is 14.9 Å². The number of amides is 2. The summed E-state index contributed by atoms with van der Waals surface area (Å²) < 4.78 is 20.0. The maximum atomic E-state index is 14.8. The molecule has 0 bridgehead atoms. The van der Waals surface area contributed by atoms with E-state index in [1.807, 2.05) is 0 Å². The van der Waals surface area contributed by atoms with E-state index in [1.54, 1.807) is 49.6 Å². The predicted octanol–water partition coefficient (Wildman–Crippen LogP) is 3.29. The molecule has 0 aliphatic heterocycles. The number of pyridine rings is 2. The number of hydrogen-bond donors (Lipinski definition) is 1. The zero-order chi connectivity index (χ0) is 22.8. The molecule has 7 nitrogen and oxygen atoms in total. The maximum absolute atomic E-state index is 14.8. The van der Waals surface area contributed by atoms with Gasteiger partial charge in [0.15, 0.2) is 0 Å². The van der Waals surface area contributed by atoms with Gasteiger partial charge in [0, 0.05) is 35.9 Å². The van der Waals surface area contributed by atoms with E-state index in [4.69, 9.17) is 10.5 Å². The molecule has 0 spiro atoms. The first-order chi connectivity index (χ1) is 15.4. The minimum absolute atomic E-state index is 0.343. The zero-order valence-corrected chi connectivity index (χ0v) is 17.8. The number of aryl methyl sites for hydroxylation is 1. The average molecular weight is 434 g/mol. The van der Waals surface area contributed by atoms with Crippen LogP contribution in [0.1, 0.15) is 51.2 Å². The van der Waals surface area contributed by atoms with E-state index >= 15 is 0 Å². The molecule has 32 heavy (non-hydrogen) atoms. The monoisotopic (exact) mass is 434 g/mol. The summed E-state index contributed by atoms with van der Waals surface area (Å²) in [4.78, 5) is 36.3. The number of fused-ring (bicyclic) bond motifs is 1. The van der Waals surface area contributed by atoms with E-state index in [0.717, 1.165) is 0 Å². The Morgan fingerprint density at radius 1 is 1.25 bits per heavy atom. The molecule has 0 fully saturated rings. The molecule has 164 valence electrons. The Morgan fingerprint density at radius 3 is 2.69 bits per heavy atom. The third-order valence-corrected chi connectivity index (χ3v) is 5.82. The molecule has 0 saturated carbocycles. The molecule has 1 aliphatic carbocycles. The quantitative estimate of drug-likeness (QED) is 0.642. The third kappa shape index (κ3) is 3.79. The van der Waals surface area contributed by atoms with Crippen LogP contribution in [-0.2, 0) is 11.2 Å². The molecule has 2 heterocycles. The average Bonchev–Trinajstić information content (AvgIpc) is 3.21. The first-order valence-electron chi connectivity index (χ1n) is 10.2. The standard InChI is InChI=1S/C24H23FN4O3/c1-14-17(6-4-10-28-14)24(31)29(22(23(26)30)15-5-3-9-27-13-15)21-8-7-18-19(21)11-16(32-2)12-20(18)25/h3-6,9-13,21-22H,7-8H2,1-2H3,(H2,26,30)/t21-,22-/m1/s1. The van der Waals surface area contributed by atoms with Crippen molar-refractivity contribution < 1.29 is 18.7 Å². The Balaban J connectivity index is 1.90. The first kappa shape index (κ1) is 21.4. The van der Waals surface area contributed by atoms with Crippen molar-refractivity contribution in [2.45, 2.75) is 31.8 Å². The molecule has 4 rings (SSSR count). The van der Waals surface area contributed by atoms with Crippen LogP contribution in [-0.4, -0.2) is 33.8 Å². The van der Waals surface area contributed by atoms with Crippen molar-refractivity contribution in [2.24, 2.45) is 5.73 Å². The van der Waals surface area contributed by atoms with Gasteiger partial charge in [0.25, 0.3) is 5.91 Å². The number of rotatable bonds is 6. The number of carbonyl (C=O) groups excluding carboxylic acids is 2. The molecule has 2 atom stereocenters. The number of hydrogen-bond acceptors (Lipinski definition) is 5. The molecule has 2 N–H and O–H groups in total. The lowest BCUT2D eigenvalue weighted by Crippen LogP contribution is -2.43. The summed E-state index contributed by atoms with van der Waals surface area (Å²) in [5.41, 5.74) is 8.28. The van der Waals surface area contributed by atoms with Gasteiger partial charge in [0.2, 0.25) is 5.91 Å². The van der Waals surface area contributed by atoms with Gasteiger partial charge in [-0.1, -0.05) is 6.07 Å². The lowest BCUT2D eigenvalue weighted by Gasteiger charge is -2.36. The first-order valence-corrected chi connectivity index (χ1v) is 10.2. The third-order valence-electron chi connectivity index (χ3n) is 5.82. The van der Waals surface area contributed by atoms with Gasteiger partial charge in [-0.2, -0.15) is 0 Å². The molecule has 2 amide bonds. The highest BCUT2D eigenvalue weighted by atomic mass is 19.1. The maximum Gasteiger partial charge on any atom is 0.257 e. The largest absolute Gasteiger partial charge is 0.497 e. The molecular formula is C24H23FN4O3. The van der Waals surface area contributed by atoms with Crippen LogP contribution < -0.4 is 10.5 Å². The lowest BCUT2D eigenvalue weighted by atomic mass is 9.98.